The van der Waals surface area contributed by atoms with Crippen molar-refractivity contribution in [3.8, 4) is 11.5 Å². The van der Waals surface area contributed by atoms with Crippen molar-refractivity contribution in [2.24, 2.45) is 9.98 Å². The van der Waals surface area contributed by atoms with E-state index in [-0.39, 0.29) is 0 Å². The molecule has 0 N–H and O–H groups in total. The van der Waals surface area contributed by atoms with Crippen LogP contribution in [0.2, 0.25) is 0 Å². The summed E-state index contributed by atoms with van der Waals surface area (Å²) in [7, 11) is 3.32. The Labute approximate surface area is 178 Å². The Hall–Kier alpha value is -3.47. The maximum Gasteiger partial charge on any atom is 0.119 e. The smallest absolute Gasteiger partial charge is 0.119 e. The fourth-order valence-electron chi connectivity index (χ4n) is 3.07. The fourth-order valence-corrected chi connectivity index (χ4v) is 3.07. The number of aromatic nitrogens is 1. The molecule has 0 radical (unpaired) electrons. The quantitative estimate of drug-likeness (QED) is 0.476. The number of pyridine rings is 1. The Bertz CT molecular complexity index is 1030. The minimum atomic E-state index is 0.823. The van der Waals surface area contributed by atoms with Gasteiger partial charge in [-0.2, -0.15) is 0 Å². The molecule has 3 rings (SSSR count). The van der Waals surface area contributed by atoms with Crippen molar-refractivity contribution in [1.82, 2.24) is 4.98 Å². The molecule has 5 nitrogen and oxygen atoms in total. The first-order chi connectivity index (χ1) is 14.4. The van der Waals surface area contributed by atoms with Crippen LogP contribution in [0.1, 0.15) is 36.4 Å². The third-order valence-corrected chi connectivity index (χ3v) is 4.87. The molecule has 0 bridgehead atoms. The van der Waals surface area contributed by atoms with Crippen LogP contribution >= 0.6 is 0 Å². The Balaban J connectivity index is 1.90. The summed E-state index contributed by atoms with van der Waals surface area (Å²) in [6.07, 6.45) is 0. The van der Waals surface area contributed by atoms with Gasteiger partial charge in [0.05, 0.1) is 48.4 Å². The SMILES string of the molecule is COc1ccc(/N=C(\C)c2cccc(/C(C)=N/c3ccc(OC)cc3C)n2)c(C)c1. The van der Waals surface area contributed by atoms with Crippen LogP contribution in [0.4, 0.5) is 11.4 Å². The standard InChI is InChI=1S/C25H27N3O2/c1-16-14-20(29-5)10-12-22(16)26-18(3)24-8-7-9-25(28-24)19(4)27-23-13-11-21(30-6)15-17(23)2/h7-15H,1-6H3/b26-18+,27-19+. The Morgan fingerprint density at radius 2 is 1.13 bits per heavy atom. The summed E-state index contributed by atoms with van der Waals surface area (Å²) < 4.78 is 10.5. The summed E-state index contributed by atoms with van der Waals surface area (Å²) in [5.41, 5.74) is 7.25. The number of hydrogen-bond acceptors (Lipinski definition) is 5. The molecule has 30 heavy (non-hydrogen) atoms. The lowest BCUT2D eigenvalue weighted by Crippen LogP contribution is -2.05. The lowest BCUT2D eigenvalue weighted by Gasteiger charge is -2.08. The highest BCUT2D eigenvalue weighted by molar-refractivity contribution is 6.02. The van der Waals surface area contributed by atoms with Crippen molar-refractivity contribution in [2.75, 3.05) is 14.2 Å². The minimum Gasteiger partial charge on any atom is -0.497 e. The first-order valence-corrected chi connectivity index (χ1v) is 9.79. The normalized spacial score (nSPS) is 12.1. The first kappa shape index (κ1) is 21.2. The molecule has 0 spiro atoms. The van der Waals surface area contributed by atoms with Gasteiger partial charge >= 0.3 is 0 Å². The van der Waals surface area contributed by atoms with Crippen molar-refractivity contribution >= 4 is 22.8 Å². The number of rotatable bonds is 6. The molecule has 0 aliphatic rings. The van der Waals surface area contributed by atoms with Crippen molar-refractivity contribution in [1.29, 1.82) is 0 Å². The van der Waals surface area contributed by atoms with Gasteiger partial charge in [-0.1, -0.05) is 6.07 Å². The van der Waals surface area contributed by atoms with Gasteiger partial charge < -0.3 is 9.47 Å². The molecule has 1 aromatic heterocycles. The topological polar surface area (TPSA) is 56.1 Å². The number of methoxy groups -OCH3 is 2. The molecular formula is C25H27N3O2. The number of aryl methyl sites for hydroxylation is 2. The number of aliphatic imine (C=N–C) groups is 2. The molecule has 154 valence electrons. The van der Waals surface area contributed by atoms with E-state index in [0.717, 1.165) is 56.8 Å². The summed E-state index contributed by atoms with van der Waals surface area (Å²) in [6.45, 7) is 7.98. The Kier molecular flexibility index (Phi) is 6.62. The number of benzene rings is 2. The molecule has 2 aromatic carbocycles. The van der Waals surface area contributed by atoms with Crippen LogP contribution in [-0.4, -0.2) is 30.6 Å². The maximum atomic E-state index is 5.27. The van der Waals surface area contributed by atoms with Gasteiger partial charge in [0.2, 0.25) is 0 Å². The second kappa shape index (κ2) is 9.35. The summed E-state index contributed by atoms with van der Waals surface area (Å²) in [6, 6.07) is 17.6. The number of nitrogens with zero attached hydrogens (tertiary/aromatic N) is 3. The van der Waals surface area contributed by atoms with Gasteiger partial charge in [0.15, 0.2) is 0 Å². The minimum absolute atomic E-state index is 0.823. The van der Waals surface area contributed by atoms with Crippen LogP contribution in [0.5, 0.6) is 11.5 Å². The molecule has 1 heterocycles. The van der Waals surface area contributed by atoms with Crippen LogP contribution in [0.3, 0.4) is 0 Å². The Morgan fingerprint density at radius 3 is 1.50 bits per heavy atom. The number of hydrogen-bond donors (Lipinski definition) is 0. The van der Waals surface area contributed by atoms with E-state index >= 15 is 0 Å². The maximum absolute atomic E-state index is 5.27. The average Bonchev–Trinajstić information content (AvgIpc) is 2.76. The van der Waals surface area contributed by atoms with Crippen molar-refractivity contribution in [3.63, 3.8) is 0 Å². The highest BCUT2D eigenvalue weighted by atomic mass is 16.5. The number of ether oxygens (including phenoxy) is 2. The third-order valence-electron chi connectivity index (χ3n) is 4.87. The monoisotopic (exact) mass is 401 g/mol. The summed E-state index contributed by atoms with van der Waals surface area (Å²) >= 11 is 0. The van der Waals surface area contributed by atoms with E-state index in [1.54, 1.807) is 14.2 Å². The van der Waals surface area contributed by atoms with Crippen molar-refractivity contribution in [3.05, 3.63) is 77.1 Å². The van der Waals surface area contributed by atoms with E-state index in [1.807, 2.05) is 82.3 Å². The molecule has 0 amide bonds. The van der Waals surface area contributed by atoms with Gasteiger partial charge in [-0.25, -0.2) is 4.98 Å². The van der Waals surface area contributed by atoms with E-state index in [4.69, 9.17) is 24.4 Å². The second-order valence-corrected chi connectivity index (χ2v) is 7.11. The van der Waals surface area contributed by atoms with Crippen LogP contribution in [0.25, 0.3) is 0 Å². The molecule has 5 heteroatoms. The van der Waals surface area contributed by atoms with E-state index in [0.29, 0.717) is 0 Å². The van der Waals surface area contributed by atoms with Crippen LogP contribution in [-0.2, 0) is 0 Å². The van der Waals surface area contributed by atoms with Crippen molar-refractivity contribution < 1.29 is 9.47 Å². The molecular weight excluding hydrogens is 374 g/mol. The highest BCUT2D eigenvalue weighted by Gasteiger charge is 2.07. The highest BCUT2D eigenvalue weighted by Crippen LogP contribution is 2.25. The lowest BCUT2D eigenvalue weighted by atomic mass is 10.1. The van der Waals surface area contributed by atoms with Gasteiger partial charge in [0, 0.05) is 0 Å². The van der Waals surface area contributed by atoms with Crippen LogP contribution in [0.15, 0.2) is 64.6 Å². The van der Waals surface area contributed by atoms with Crippen LogP contribution < -0.4 is 9.47 Å². The Morgan fingerprint density at radius 1 is 0.700 bits per heavy atom. The largest absolute Gasteiger partial charge is 0.497 e. The lowest BCUT2D eigenvalue weighted by molar-refractivity contribution is 0.414. The molecule has 0 aliphatic heterocycles. The van der Waals surface area contributed by atoms with E-state index in [2.05, 4.69) is 0 Å². The van der Waals surface area contributed by atoms with Gasteiger partial charge in [0.1, 0.15) is 11.5 Å². The zero-order chi connectivity index (χ0) is 21.7. The molecule has 0 fully saturated rings. The molecule has 0 aliphatic carbocycles. The fraction of sp³-hybridized carbons (Fsp3) is 0.240. The van der Waals surface area contributed by atoms with E-state index in [9.17, 15) is 0 Å². The molecule has 0 atom stereocenters. The second-order valence-electron chi connectivity index (χ2n) is 7.11. The van der Waals surface area contributed by atoms with Gasteiger partial charge in [-0.05, 0) is 87.4 Å². The average molecular weight is 402 g/mol. The van der Waals surface area contributed by atoms with Crippen LogP contribution in [0, 0.1) is 13.8 Å². The predicted octanol–water partition coefficient (Wildman–Crippen LogP) is 6.00. The van der Waals surface area contributed by atoms with Crippen molar-refractivity contribution in [2.45, 2.75) is 27.7 Å². The van der Waals surface area contributed by atoms with Gasteiger partial charge in [0.25, 0.3) is 0 Å². The molecule has 0 unspecified atom stereocenters. The summed E-state index contributed by atoms with van der Waals surface area (Å²) in [5.74, 6) is 1.65. The molecule has 0 saturated carbocycles. The zero-order valence-corrected chi connectivity index (χ0v) is 18.4. The van der Waals surface area contributed by atoms with E-state index in [1.165, 1.54) is 0 Å². The molecule has 0 saturated heterocycles. The predicted molar refractivity (Wildman–Crippen MR) is 123 cm³/mol. The zero-order valence-electron chi connectivity index (χ0n) is 18.4. The third kappa shape index (κ3) is 4.92. The summed E-state index contributed by atoms with van der Waals surface area (Å²) in [4.78, 5) is 14.3. The van der Waals surface area contributed by atoms with E-state index < -0.39 is 0 Å². The molecule has 3 aromatic rings. The van der Waals surface area contributed by atoms with Gasteiger partial charge in [-0.15, -0.1) is 0 Å². The summed E-state index contributed by atoms with van der Waals surface area (Å²) in [5, 5.41) is 0. The van der Waals surface area contributed by atoms with Gasteiger partial charge in [-0.3, -0.25) is 9.98 Å². The first-order valence-electron chi connectivity index (χ1n) is 9.79.